The van der Waals surface area contributed by atoms with Crippen LogP contribution in [0.1, 0.15) is 44.9 Å². The van der Waals surface area contributed by atoms with Crippen LogP contribution in [-0.4, -0.2) is 49.6 Å². The van der Waals surface area contributed by atoms with Gasteiger partial charge in [-0.15, -0.1) is 0 Å². The van der Waals surface area contributed by atoms with Gasteiger partial charge in [0.25, 0.3) is 0 Å². The summed E-state index contributed by atoms with van der Waals surface area (Å²) in [6, 6.07) is 18.5. The summed E-state index contributed by atoms with van der Waals surface area (Å²) in [5, 5.41) is 4.16. The Morgan fingerprint density at radius 1 is 1.07 bits per heavy atom. The Hall–Kier alpha value is -2.99. The van der Waals surface area contributed by atoms with E-state index in [1.165, 1.54) is 6.33 Å². The van der Waals surface area contributed by atoms with Crippen LogP contribution < -0.4 is 0 Å². The van der Waals surface area contributed by atoms with Gasteiger partial charge in [-0.25, -0.2) is 9.67 Å². The van der Waals surface area contributed by atoms with Gasteiger partial charge in [-0.3, -0.25) is 9.69 Å². The van der Waals surface area contributed by atoms with Crippen LogP contribution in [0.3, 0.4) is 0 Å². The van der Waals surface area contributed by atoms with E-state index in [2.05, 4.69) is 66.9 Å². The molecule has 0 fully saturated rings. The van der Waals surface area contributed by atoms with Gasteiger partial charge in [0.1, 0.15) is 12.7 Å². The number of carbonyl (C=O) groups excluding carboxylic acids is 1. The van der Waals surface area contributed by atoms with Gasteiger partial charge in [0.2, 0.25) is 5.91 Å². The third-order valence-electron chi connectivity index (χ3n) is 5.40. The van der Waals surface area contributed by atoms with E-state index < -0.39 is 0 Å². The van der Waals surface area contributed by atoms with E-state index in [1.54, 1.807) is 11.0 Å². The maximum atomic E-state index is 13.2. The van der Waals surface area contributed by atoms with Gasteiger partial charge in [0.15, 0.2) is 0 Å². The van der Waals surface area contributed by atoms with Crippen LogP contribution in [-0.2, 0) is 11.3 Å². The molecule has 1 aromatic heterocycles. The lowest BCUT2D eigenvalue weighted by Crippen LogP contribution is -2.48. The van der Waals surface area contributed by atoms with Crippen molar-refractivity contribution in [2.24, 2.45) is 0 Å². The number of benzene rings is 2. The number of hydrogen-bond donors (Lipinski definition) is 0. The molecule has 0 aliphatic carbocycles. The van der Waals surface area contributed by atoms with Gasteiger partial charge in [0.05, 0.1) is 12.2 Å². The lowest BCUT2D eigenvalue weighted by molar-refractivity contribution is -0.138. The smallest absolute Gasteiger partial charge is 0.237 e. The van der Waals surface area contributed by atoms with E-state index >= 15 is 0 Å². The van der Waals surface area contributed by atoms with Crippen LogP contribution >= 0.6 is 0 Å². The van der Waals surface area contributed by atoms with Crippen molar-refractivity contribution in [3.05, 3.63) is 78.4 Å². The molecule has 0 N–H and O–H groups in total. The first-order valence-electron chi connectivity index (χ1n) is 10.3. The third-order valence-corrected chi connectivity index (χ3v) is 5.40. The van der Waals surface area contributed by atoms with Gasteiger partial charge < -0.3 is 4.90 Å². The molecular weight excluding hydrogens is 374 g/mol. The van der Waals surface area contributed by atoms with E-state index in [1.807, 2.05) is 42.3 Å². The summed E-state index contributed by atoms with van der Waals surface area (Å²) >= 11 is 0. The summed E-state index contributed by atoms with van der Waals surface area (Å²) in [5.74, 6) is 0.125. The molecule has 0 spiro atoms. The van der Waals surface area contributed by atoms with E-state index in [0.29, 0.717) is 13.1 Å². The van der Waals surface area contributed by atoms with Crippen molar-refractivity contribution in [1.82, 2.24) is 24.6 Å². The lowest BCUT2D eigenvalue weighted by Gasteiger charge is -2.37. The van der Waals surface area contributed by atoms with E-state index in [9.17, 15) is 4.79 Å². The fourth-order valence-corrected chi connectivity index (χ4v) is 3.40. The van der Waals surface area contributed by atoms with Crippen molar-refractivity contribution >= 4 is 5.91 Å². The predicted molar refractivity (Wildman–Crippen MR) is 119 cm³/mol. The Balaban J connectivity index is 1.68. The number of amides is 1. The molecule has 3 rings (SSSR count). The Labute approximate surface area is 179 Å². The van der Waals surface area contributed by atoms with Crippen LogP contribution in [0.5, 0.6) is 0 Å². The number of aromatic nitrogens is 3. The molecule has 0 saturated heterocycles. The van der Waals surface area contributed by atoms with Crippen LogP contribution in [0.15, 0.2) is 67.3 Å². The molecule has 1 heterocycles. The number of carbonyl (C=O) groups is 1. The van der Waals surface area contributed by atoms with Gasteiger partial charge in [-0.2, -0.15) is 5.10 Å². The molecule has 0 radical (unpaired) electrons. The third kappa shape index (κ3) is 5.33. The van der Waals surface area contributed by atoms with Crippen LogP contribution in [0.25, 0.3) is 5.69 Å². The SMILES string of the molecule is CC(c1ccc(-n2cncn2)cc1)N(C)CC(=O)N(Cc1ccccc1)C(C)(C)C. The topological polar surface area (TPSA) is 54.3 Å². The first-order chi connectivity index (χ1) is 14.3. The largest absolute Gasteiger partial charge is 0.332 e. The van der Waals surface area contributed by atoms with Gasteiger partial charge in [-0.05, 0) is 58.0 Å². The highest BCUT2D eigenvalue weighted by atomic mass is 16.2. The molecule has 0 saturated carbocycles. The second kappa shape index (κ2) is 9.22. The Morgan fingerprint density at radius 2 is 1.73 bits per heavy atom. The standard InChI is InChI=1S/C24H31N5O/c1-19(21-11-13-22(14-12-21)29-18-25-17-26-29)27(5)16-23(30)28(24(2,3)4)15-20-9-7-6-8-10-20/h6-14,17-19H,15-16H2,1-5H3. The summed E-state index contributed by atoms with van der Waals surface area (Å²) in [6.07, 6.45) is 3.20. The van der Waals surface area contributed by atoms with Crippen LogP contribution in [0.2, 0.25) is 0 Å². The van der Waals surface area contributed by atoms with Gasteiger partial charge >= 0.3 is 0 Å². The van der Waals surface area contributed by atoms with Crippen LogP contribution in [0, 0.1) is 0 Å². The van der Waals surface area contributed by atoms with Crippen LogP contribution in [0.4, 0.5) is 0 Å². The quantitative estimate of drug-likeness (QED) is 0.594. The van der Waals surface area contributed by atoms with Crippen molar-refractivity contribution in [2.45, 2.75) is 45.8 Å². The van der Waals surface area contributed by atoms with E-state index in [4.69, 9.17) is 0 Å². The summed E-state index contributed by atoms with van der Waals surface area (Å²) in [6.45, 7) is 9.34. The molecular formula is C24H31N5O. The average Bonchev–Trinajstić information content (AvgIpc) is 3.26. The zero-order valence-corrected chi connectivity index (χ0v) is 18.5. The second-order valence-electron chi connectivity index (χ2n) is 8.66. The van der Waals surface area contributed by atoms with Gasteiger partial charge in [-0.1, -0.05) is 42.5 Å². The first-order valence-corrected chi connectivity index (χ1v) is 10.3. The Morgan fingerprint density at radius 3 is 2.30 bits per heavy atom. The van der Waals surface area contributed by atoms with Crippen molar-refractivity contribution in [3.8, 4) is 5.69 Å². The van der Waals surface area contributed by atoms with E-state index in [-0.39, 0.29) is 17.5 Å². The normalized spacial score (nSPS) is 12.7. The molecule has 6 nitrogen and oxygen atoms in total. The monoisotopic (exact) mass is 405 g/mol. The summed E-state index contributed by atoms with van der Waals surface area (Å²) in [5.41, 5.74) is 3.00. The Bertz CT molecular complexity index is 930. The number of hydrogen-bond acceptors (Lipinski definition) is 4. The zero-order valence-electron chi connectivity index (χ0n) is 18.5. The number of rotatable bonds is 7. The van der Waals surface area contributed by atoms with Crippen molar-refractivity contribution in [3.63, 3.8) is 0 Å². The molecule has 2 aromatic carbocycles. The van der Waals surface area contributed by atoms with Gasteiger partial charge in [0, 0.05) is 18.1 Å². The molecule has 158 valence electrons. The minimum atomic E-state index is -0.254. The molecule has 0 aliphatic heterocycles. The molecule has 0 bridgehead atoms. The van der Waals surface area contributed by atoms with E-state index in [0.717, 1.165) is 16.8 Å². The van der Waals surface area contributed by atoms with Crippen molar-refractivity contribution in [2.75, 3.05) is 13.6 Å². The lowest BCUT2D eigenvalue weighted by atomic mass is 10.0. The molecule has 6 heteroatoms. The number of nitrogens with zero attached hydrogens (tertiary/aromatic N) is 5. The highest BCUT2D eigenvalue weighted by molar-refractivity contribution is 5.79. The fourth-order valence-electron chi connectivity index (χ4n) is 3.40. The predicted octanol–water partition coefficient (Wildman–Crippen LogP) is 4.09. The molecule has 3 aromatic rings. The fraction of sp³-hybridized carbons (Fsp3) is 0.375. The summed E-state index contributed by atoms with van der Waals surface area (Å²) < 4.78 is 1.73. The maximum absolute atomic E-state index is 13.2. The summed E-state index contributed by atoms with van der Waals surface area (Å²) in [4.78, 5) is 21.3. The highest BCUT2D eigenvalue weighted by Gasteiger charge is 2.28. The number of likely N-dealkylation sites (N-methyl/N-ethyl adjacent to an activating group) is 1. The molecule has 1 amide bonds. The molecule has 1 atom stereocenters. The molecule has 1 unspecified atom stereocenters. The minimum absolute atomic E-state index is 0.109. The van der Waals surface area contributed by atoms with Crippen molar-refractivity contribution in [1.29, 1.82) is 0 Å². The van der Waals surface area contributed by atoms with Crippen molar-refractivity contribution < 1.29 is 4.79 Å². The first kappa shape index (κ1) is 21.7. The maximum Gasteiger partial charge on any atom is 0.237 e. The minimum Gasteiger partial charge on any atom is -0.332 e. The Kier molecular flexibility index (Phi) is 6.67. The summed E-state index contributed by atoms with van der Waals surface area (Å²) in [7, 11) is 2.00. The zero-order chi connectivity index (χ0) is 21.7. The second-order valence-corrected chi connectivity index (χ2v) is 8.66. The average molecular weight is 406 g/mol. The molecule has 30 heavy (non-hydrogen) atoms. The molecule has 0 aliphatic rings. The highest BCUT2D eigenvalue weighted by Crippen LogP contribution is 2.22.